The van der Waals surface area contributed by atoms with E-state index in [1.54, 1.807) is 0 Å². The van der Waals surface area contributed by atoms with Gasteiger partial charge in [0, 0.05) is 6.54 Å². The van der Waals surface area contributed by atoms with Crippen LogP contribution in [0.3, 0.4) is 0 Å². The van der Waals surface area contributed by atoms with E-state index in [0.717, 1.165) is 13.1 Å². The highest BCUT2D eigenvalue weighted by Gasteiger charge is 2.40. The van der Waals surface area contributed by atoms with Gasteiger partial charge in [0.05, 0.1) is 0 Å². The summed E-state index contributed by atoms with van der Waals surface area (Å²) >= 11 is 0. The third kappa shape index (κ3) is 1.22. The standard InChI is InChI=1S/C5H9N3.ClH/c1-2-5(7-8-5)4-6-3-1;/h6H,1-4H2;1H. The number of rotatable bonds is 0. The Morgan fingerprint density at radius 2 is 2.11 bits per heavy atom. The van der Waals surface area contributed by atoms with Crippen molar-refractivity contribution in [1.29, 1.82) is 0 Å². The Bertz CT molecular complexity index is 120. The molecule has 1 N–H and O–H groups in total. The molecule has 2 heterocycles. The van der Waals surface area contributed by atoms with E-state index >= 15 is 0 Å². The van der Waals surface area contributed by atoms with E-state index in [2.05, 4.69) is 15.5 Å². The minimum Gasteiger partial charge on any atom is -0.312 e. The summed E-state index contributed by atoms with van der Waals surface area (Å²) < 4.78 is 0. The molecule has 1 fully saturated rings. The van der Waals surface area contributed by atoms with Gasteiger partial charge in [0.2, 0.25) is 5.66 Å². The normalized spacial score (nSPS) is 27.6. The molecule has 0 aromatic heterocycles. The van der Waals surface area contributed by atoms with Crippen LogP contribution in [0.5, 0.6) is 0 Å². The number of nitrogens with zero attached hydrogens (tertiary/aromatic N) is 2. The molecule has 3 nitrogen and oxygen atoms in total. The fraction of sp³-hybridized carbons (Fsp3) is 1.00. The monoisotopic (exact) mass is 147 g/mol. The molecule has 0 aliphatic carbocycles. The predicted molar refractivity (Wildman–Crippen MR) is 36.9 cm³/mol. The Morgan fingerprint density at radius 1 is 1.33 bits per heavy atom. The maximum absolute atomic E-state index is 3.96. The van der Waals surface area contributed by atoms with Crippen LogP contribution in [0.1, 0.15) is 12.8 Å². The highest BCUT2D eigenvalue weighted by Crippen LogP contribution is 2.33. The summed E-state index contributed by atoms with van der Waals surface area (Å²) in [6.07, 6.45) is 2.40. The molecule has 52 valence electrons. The summed E-state index contributed by atoms with van der Waals surface area (Å²) in [6.45, 7) is 2.12. The molecule has 0 saturated carbocycles. The van der Waals surface area contributed by atoms with E-state index in [1.165, 1.54) is 12.8 Å². The van der Waals surface area contributed by atoms with Gasteiger partial charge in [0.15, 0.2) is 0 Å². The molecule has 9 heavy (non-hydrogen) atoms. The summed E-state index contributed by atoms with van der Waals surface area (Å²) in [5.41, 5.74) is 0.0677. The fourth-order valence-electron chi connectivity index (χ4n) is 1.11. The first-order chi connectivity index (χ1) is 3.91. The van der Waals surface area contributed by atoms with Crippen LogP contribution >= 0.6 is 12.4 Å². The predicted octanol–water partition coefficient (Wildman–Crippen LogP) is 0.954. The number of hydrogen-bond acceptors (Lipinski definition) is 3. The van der Waals surface area contributed by atoms with Gasteiger partial charge >= 0.3 is 0 Å². The minimum atomic E-state index is 0. The van der Waals surface area contributed by atoms with Crippen LogP contribution in [0.25, 0.3) is 0 Å². The third-order valence-electron chi connectivity index (χ3n) is 1.72. The van der Waals surface area contributed by atoms with Crippen LogP contribution in [0.15, 0.2) is 10.2 Å². The smallest absolute Gasteiger partial charge is 0.203 e. The Hall–Kier alpha value is -0.150. The molecule has 0 aromatic carbocycles. The van der Waals surface area contributed by atoms with Crippen LogP contribution in [0.4, 0.5) is 0 Å². The van der Waals surface area contributed by atoms with Gasteiger partial charge in [0.25, 0.3) is 0 Å². The molecule has 0 radical (unpaired) electrons. The summed E-state index contributed by atoms with van der Waals surface area (Å²) in [5.74, 6) is 0. The van der Waals surface area contributed by atoms with Gasteiger partial charge in [-0.15, -0.1) is 12.4 Å². The Morgan fingerprint density at radius 3 is 2.44 bits per heavy atom. The van der Waals surface area contributed by atoms with Crippen molar-refractivity contribution in [2.45, 2.75) is 18.5 Å². The van der Waals surface area contributed by atoms with Crippen molar-refractivity contribution in [1.82, 2.24) is 5.32 Å². The molecule has 1 spiro atoms. The zero-order valence-electron chi connectivity index (χ0n) is 5.13. The van der Waals surface area contributed by atoms with Gasteiger partial charge in [0.1, 0.15) is 0 Å². The summed E-state index contributed by atoms with van der Waals surface area (Å²) in [7, 11) is 0. The SMILES string of the molecule is C1CNCC2(C1)N=N2.Cl. The first kappa shape index (κ1) is 6.96. The molecule has 0 aromatic rings. The third-order valence-corrected chi connectivity index (χ3v) is 1.72. The summed E-state index contributed by atoms with van der Waals surface area (Å²) in [6, 6.07) is 0. The largest absolute Gasteiger partial charge is 0.312 e. The first-order valence-electron chi connectivity index (χ1n) is 3.06. The Labute approximate surface area is 60.3 Å². The second-order valence-corrected chi connectivity index (χ2v) is 2.46. The zero-order valence-corrected chi connectivity index (χ0v) is 5.95. The van der Waals surface area contributed by atoms with Crippen LogP contribution < -0.4 is 5.32 Å². The molecule has 1 saturated heterocycles. The molecule has 2 aliphatic heterocycles. The molecular formula is C5H10ClN3. The second-order valence-electron chi connectivity index (χ2n) is 2.46. The molecule has 2 rings (SSSR count). The van der Waals surface area contributed by atoms with Crippen molar-refractivity contribution in [2.75, 3.05) is 13.1 Å². The minimum absolute atomic E-state index is 0. The van der Waals surface area contributed by atoms with Crippen LogP contribution in [0.2, 0.25) is 0 Å². The van der Waals surface area contributed by atoms with Crippen molar-refractivity contribution in [2.24, 2.45) is 10.2 Å². The summed E-state index contributed by atoms with van der Waals surface area (Å²) in [4.78, 5) is 0. The highest BCUT2D eigenvalue weighted by molar-refractivity contribution is 5.85. The van der Waals surface area contributed by atoms with Gasteiger partial charge in [-0.2, -0.15) is 10.2 Å². The molecular weight excluding hydrogens is 138 g/mol. The quantitative estimate of drug-likeness (QED) is 0.544. The van der Waals surface area contributed by atoms with Crippen LogP contribution in [0, 0.1) is 0 Å². The van der Waals surface area contributed by atoms with Crippen molar-refractivity contribution in [3.05, 3.63) is 0 Å². The van der Waals surface area contributed by atoms with E-state index in [4.69, 9.17) is 0 Å². The van der Waals surface area contributed by atoms with Crippen molar-refractivity contribution in [3.63, 3.8) is 0 Å². The molecule has 0 unspecified atom stereocenters. The Balaban J connectivity index is 0.000000405. The lowest BCUT2D eigenvalue weighted by Gasteiger charge is -2.16. The second kappa shape index (κ2) is 2.23. The number of halogens is 1. The van der Waals surface area contributed by atoms with Gasteiger partial charge in [-0.3, -0.25) is 0 Å². The average Bonchev–Trinajstić information content (AvgIpc) is 2.52. The van der Waals surface area contributed by atoms with Crippen molar-refractivity contribution < 1.29 is 0 Å². The molecule has 0 amide bonds. The summed E-state index contributed by atoms with van der Waals surface area (Å²) in [5, 5.41) is 11.2. The van der Waals surface area contributed by atoms with E-state index in [1.807, 2.05) is 0 Å². The molecule has 0 atom stereocenters. The van der Waals surface area contributed by atoms with E-state index in [9.17, 15) is 0 Å². The molecule has 2 aliphatic rings. The Kier molecular flexibility index (Phi) is 1.73. The lowest BCUT2D eigenvalue weighted by molar-refractivity contribution is 0.415. The van der Waals surface area contributed by atoms with Crippen molar-refractivity contribution >= 4 is 12.4 Å². The average molecular weight is 148 g/mol. The number of piperidine rings is 1. The van der Waals surface area contributed by atoms with Gasteiger partial charge < -0.3 is 5.32 Å². The van der Waals surface area contributed by atoms with Crippen LogP contribution in [-0.2, 0) is 0 Å². The molecule has 0 bridgehead atoms. The topological polar surface area (TPSA) is 36.8 Å². The maximum Gasteiger partial charge on any atom is 0.203 e. The van der Waals surface area contributed by atoms with E-state index < -0.39 is 0 Å². The number of nitrogens with one attached hydrogen (secondary N) is 1. The maximum atomic E-state index is 3.96. The van der Waals surface area contributed by atoms with Crippen LogP contribution in [-0.4, -0.2) is 18.8 Å². The number of hydrogen-bond donors (Lipinski definition) is 1. The van der Waals surface area contributed by atoms with E-state index in [-0.39, 0.29) is 18.1 Å². The first-order valence-corrected chi connectivity index (χ1v) is 3.06. The lowest BCUT2D eigenvalue weighted by Crippen LogP contribution is -2.35. The zero-order chi connectivity index (χ0) is 5.45. The highest BCUT2D eigenvalue weighted by atomic mass is 35.5. The fourth-order valence-corrected chi connectivity index (χ4v) is 1.11. The van der Waals surface area contributed by atoms with Gasteiger partial charge in [-0.1, -0.05) is 0 Å². The van der Waals surface area contributed by atoms with E-state index in [0.29, 0.717) is 0 Å². The lowest BCUT2D eigenvalue weighted by atomic mass is 10.1. The molecule has 4 heteroatoms. The van der Waals surface area contributed by atoms with Crippen molar-refractivity contribution in [3.8, 4) is 0 Å². The van der Waals surface area contributed by atoms with Gasteiger partial charge in [-0.25, -0.2) is 0 Å². The van der Waals surface area contributed by atoms with Gasteiger partial charge in [-0.05, 0) is 19.4 Å².